The molecule has 0 saturated carbocycles. The molecule has 3 heterocycles. The first-order chi connectivity index (χ1) is 10.3. The van der Waals surface area contributed by atoms with E-state index in [-0.39, 0.29) is 18.0 Å². The molecule has 2 saturated heterocycles. The number of piperidine rings is 1. The van der Waals surface area contributed by atoms with Gasteiger partial charge in [0.25, 0.3) is 0 Å². The predicted octanol–water partition coefficient (Wildman–Crippen LogP) is 0.103. The van der Waals surface area contributed by atoms with Crippen molar-refractivity contribution >= 4 is 5.91 Å². The summed E-state index contributed by atoms with van der Waals surface area (Å²) in [7, 11) is 0. The average molecular weight is 289 g/mol. The Morgan fingerprint density at radius 3 is 3.00 bits per heavy atom. The van der Waals surface area contributed by atoms with Gasteiger partial charge in [0.15, 0.2) is 0 Å². The molecule has 2 aliphatic rings. The number of fused-ring (bicyclic) bond motifs is 1. The first-order valence-electron chi connectivity index (χ1n) is 7.71. The van der Waals surface area contributed by atoms with E-state index in [1.807, 2.05) is 12.1 Å². The van der Waals surface area contributed by atoms with Crippen LogP contribution in [0.15, 0.2) is 24.5 Å². The molecule has 1 amide bonds. The Balaban J connectivity index is 1.65. The van der Waals surface area contributed by atoms with E-state index in [0.717, 1.165) is 31.5 Å². The Kier molecular flexibility index (Phi) is 4.48. The summed E-state index contributed by atoms with van der Waals surface area (Å²) < 4.78 is 0. The normalized spacial score (nSPS) is 29.7. The highest BCUT2D eigenvalue weighted by atomic mass is 16.2. The van der Waals surface area contributed by atoms with Gasteiger partial charge in [0.1, 0.15) is 6.04 Å². The molecule has 6 heteroatoms. The number of hydrazine groups is 1. The van der Waals surface area contributed by atoms with E-state index in [4.69, 9.17) is 0 Å². The van der Waals surface area contributed by atoms with Crippen molar-refractivity contribution in [1.82, 2.24) is 26.5 Å². The van der Waals surface area contributed by atoms with Gasteiger partial charge in [0.05, 0.1) is 6.04 Å². The maximum atomic E-state index is 12.6. The van der Waals surface area contributed by atoms with Crippen molar-refractivity contribution in [2.75, 3.05) is 13.1 Å². The van der Waals surface area contributed by atoms with Crippen LogP contribution >= 0.6 is 0 Å². The van der Waals surface area contributed by atoms with Crippen LogP contribution in [0.2, 0.25) is 0 Å². The van der Waals surface area contributed by atoms with Gasteiger partial charge in [0, 0.05) is 30.9 Å². The maximum Gasteiger partial charge on any atom is 0.239 e. The minimum atomic E-state index is -0.168. The Bertz CT molecular complexity index is 480. The molecular formula is C15H23N5O. The zero-order valence-electron chi connectivity index (χ0n) is 12.3. The molecule has 1 aromatic heterocycles. The average Bonchev–Trinajstić information content (AvgIpc) is 2.97. The van der Waals surface area contributed by atoms with Gasteiger partial charge in [-0.3, -0.25) is 15.2 Å². The van der Waals surface area contributed by atoms with E-state index >= 15 is 0 Å². The minimum absolute atomic E-state index is 0.0397. The molecule has 114 valence electrons. The minimum Gasteiger partial charge on any atom is -0.348 e. The van der Waals surface area contributed by atoms with Crippen LogP contribution in [0.5, 0.6) is 0 Å². The molecule has 6 nitrogen and oxygen atoms in total. The second-order valence-electron chi connectivity index (χ2n) is 5.78. The molecule has 4 unspecified atom stereocenters. The fourth-order valence-electron chi connectivity index (χ4n) is 3.25. The second-order valence-corrected chi connectivity index (χ2v) is 5.78. The van der Waals surface area contributed by atoms with Crippen LogP contribution in [0.25, 0.3) is 0 Å². The SMILES string of the molecule is CCC(NC(=O)C1NNC2CCNCC21)c1ccncc1. The van der Waals surface area contributed by atoms with Crippen LogP contribution in [-0.2, 0) is 4.79 Å². The number of carbonyl (C=O) groups excluding carboxylic acids is 1. The topological polar surface area (TPSA) is 78.1 Å². The van der Waals surface area contributed by atoms with Crippen molar-refractivity contribution < 1.29 is 4.79 Å². The van der Waals surface area contributed by atoms with Crippen LogP contribution in [-0.4, -0.2) is 36.1 Å². The number of amides is 1. The maximum absolute atomic E-state index is 12.6. The molecule has 2 fully saturated rings. The first-order valence-corrected chi connectivity index (χ1v) is 7.71. The number of hydrogen-bond acceptors (Lipinski definition) is 5. The third kappa shape index (κ3) is 3.07. The fraction of sp³-hybridized carbons (Fsp3) is 0.600. The van der Waals surface area contributed by atoms with Crippen LogP contribution in [0.1, 0.15) is 31.4 Å². The summed E-state index contributed by atoms with van der Waals surface area (Å²) in [4.78, 5) is 16.6. The monoisotopic (exact) mass is 289 g/mol. The highest BCUT2D eigenvalue weighted by Gasteiger charge is 2.41. The lowest BCUT2D eigenvalue weighted by atomic mass is 9.89. The van der Waals surface area contributed by atoms with Gasteiger partial charge < -0.3 is 10.6 Å². The number of rotatable bonds is 4. The molecule has 0 bridgehead atoms. The van der Waals surface area contributed by atoms with Crippen molar-refractivity contribution in [1.29, 1.82) is 0 Å². The molecule has 21 heavy (non-hydrogen) atoms. The van der Waals surface area contributed by atoms with E-state index in [1.54, 1.807) is 12.4 Å². The molecular weight excluding hydrogens is 266 g/mol. The summed E-state index contributed by atoms with van der Waals surface area (Å²) in [6.07, 6.45) is 5.45. The molecule has 0 aliphatic carbocycles. The van der Waals surface area contributed by atoms with Gasteiger partial charge in [-0.05, 0) is 37.1 Å². The Hall–Kier alpha value is -1.50. The van der Waals surface area contributed by atoms with Crippen LogP contribution in [0.3, 0.4) is 0 Å². The molecule has 0 radical (unpaired) electrons. The van der Waals surface area contributed by atoms with Gasteiger partial charge in [-0.25, -0.2) is 5.43 Å². The largest absolute Gasteiger partial charge is 0.348 e. The quantitative estimate of drug-likeness (QED) is 0.632. The van der Waals surface area contributed by atoms with Crippen molar-refractivity contribution in [3.8, 4) is 0 Å². The van der Waals surface area contributed by atoms with Gasteiger partial charge in [-0.1, -0.05) is 6.92 Å². The zero-order valence-corrected chi connectivity index (χ0v) is 12.3. The molecule has 2 aliphatic heterocycles. The predicted molar refractivity (Wildman–Crippen MR) is 80.2 cm³/mol. The number of aromatic nitrogens is 1. The number of carbonyl (C=O) groups is 1. The molecule has 0 spiro atoms. The van der Waals surface area contributed by atoms with Gasteiger partial charge in [-0.2, -0.15) is 0 Å². The Labute approximate surface area is 125 Å². The molecule has 0 aromatic carbocycles. The smallest absolute Gasteiger partial charge is 0.239 e. The van der Waals surface area contributed by atoms with Crippen LogP contribution < -0.4 is 21.5 Å². The van der Waals surface area contributed by atoms with Gasteiger partial charge in [0.2, 0.25) is 5.91 Å². The summed E-state index contributed by atoms with van der Waals surface area (Å²) in [5, 5.41) is 6.53. The van der Waals surface area contributed by atoms with Crippen molar-refractivity contribution in [2.24, 2.45) is 5.92 Å². The molecule has 1 aromatic rings. The van der Waals surface area contributed by atoms with Gasteiger partial charge in [-0.15, -0.1) is 0 Å². The number of pyridine rings is 1. The summed E-state index contributed by atoms with van der Waals surface area (Å²) >= 11 is 0. The lowest BCUT2D eigenvalue weighted by molar-refractivity contribution is -0.124. The molecule has 4 atom stereocenters. The number of hydrogen-bond donors (Lipinski definition) is 4. The van der Waals surface area contributed by atoms with Crippen LogP contribution in [0, 0.1) is 5.92 Å². The van der Waals surface area contributed by atoms with Crippen LogP contribution in [0.4, 0.5) is 0 Å². The van der Waals surface area contributed by atoms with Crippen molar-refractivity contribution in [3.05, 3.63) is 30.1 Å². The van der Waals surface area contributed by atoms with E-state index in [0.29, 0.717) is 12.0 Å². The number of nitrogens with one attached hydrogen (secondary N) is 4. The zero-order chi connectivity index (χ0) is 14.7. The van der Waals surface area contributed by atoms with E-state index in [2.05, 4.69) is 33.4 Å². The van der Waals surface area contributed by atoms with E-state index in [1.165, 1.54) is 0 Å². The summed E-state index contributed by atoms with van der Waals surface area (Å²) in [5.41, 5.74) is 7.53. The fourth-order valence-corrected chi connectivity index (χ4v) is 3.25. The summed E-state index contributed by atoms with van der Waals surface area (Å²) in [5.74, 6) is 0.385. The molecule has 3 rings (SSSR count). The van der Waals surface area contributed by atoms with E-state index in [9.17, 15) is 4.79 Å². The highest BCUT2D eigenvalue weighted by Crippen LogP contribution is 2.22. The lowest BCUT2D eigenvalue weighted by Gasteiger charge is -2.28. The summed E-state index contributed by atoms with van der Waals surface area (Å²) in [6, 6.07) is 4.18. The van der Waals surface area contributed by atoms with Crippen molar-refractivity contribution in [2.45, 2.75) is 37.9 Å². The Morgan fingerprint density at radius 1 is 1.43 bits per heavy atom. The Morgan fingerprint density at radius 2 is 2.24 bits per heavy atom. The van der Waals surface area contributed by atoms with Gasteiger partial charge >= 0.3 is 0 Å². The standard InChI is InChI=1S/C15H23N5O/c1-2-12(10-3-6-16-7-4-10)18-15(21)14-11-9-17-8-5-13(11)19-20-14/h3-4,6-7,11-14,17,19-20H,2,5,8-9H2,1H3,(H,18,21). The van der Waals surface area contributed by atoms with E-state index < -0.39 is 0 Å². The summed E-state index contributed by atoms with van der Waals surface area (Å²) in [6.45, 7) is 3.98. The number of nitrogens with zero attached hydrogens (tertiary/aromatic N) is 1. The third-order valence-electron chi connectivity index (χ3n) is 4.50. The highest BCUT2D eigenvalue weighted by molar-refractivity contribution is 5.83. The molecule has 4 N–H and O–H groups in total. The lowest BCUT2D eigenvalue weighted by Crippen LogP contribution is -2.49. The first kappa shape index (κ1) is 14.4. The third-order valence-corrected chi connectivity index (χ3v) is 4.50. The van der Waals surface area contributed by atoms with Crippen molar-refractivity contribution in [3.63, 3.8) is 0 Å². The second kappa shape index (κ2) is 6.51.